The van der Waals surface area contributed by atoms with Gasteiger partial charge < -0.3 is 23.2 Å². The van der Waals surface area contributed by atoms with Crippen LogP contribution in [0.15, 0.2) is 40.9 Å². The van der Waals surface area contributed by atoms with Crippen LogP contribution in [0.1, 0.15) is 74.6 Å². The molecular weight excluding hydrogens is 574 g/mol. The van der Waals surface area contributed by atoms with E-state index in [1.54, 1.807) is 0 Å². The summed E-state index contributed by atoms with van der Waals surface area (Å²) in [6.07, 6.45) is -0.673. The van der Waals surface area contributed by atoms with Crippen LogP contribution in [0.2, 0.25) is 13.1 Å². The molecule has 0 N–H and O–H groups in total. The lowest BCUT2D eigenvalue weighted by Gasteiger charge is -2.38. The molecule has 2 unspecified atom stereocenters. The quantitative estimate of drug-likeness (QED) is 0.282. The molecule has 0 amide bonds. The highest BCUT2D eigenvalue weighted by atomic mass is 79.9. The zero-order chi connectivity index (χ0) is 28.4. The molecule has 1 fully saturated rings. The molecule has 0 saturated carbocycles. The topological polar surface area (TPSA) is 58.9 Å². The minimum absolute atomic E-state index is 0.0408. The van der Waals surface area contributed by atoms with Crippen LogP contribution in [0.3, 0.4) is 0 Å². The van der Waals surface area contributed by atoms with E-state index >= 15 is 0 Å². The van der Waals surface area contributed by atoms with Gasteiger partial charge in [0.25, 0.3) is 0 Å². The third-order valence-electron chi connectivity index (χ3n) is 7.79. The van der Waals surface area contributed by atoms with Crippen molar-refractivity contribution in [1.82, 2.24) is 4.57 Å². The fourth-order valence-electron chi connectivity index (χ4n) is 6.15. The lowest BCUT2D eigenvalue weighted by molar-refractivity contribution is -0.160. The van der Waals surface area contributed by atoms with Gasteiger partial charge in [-0.1, -0.05) is 55.8 Å². The number of rotatable bonds is 6. The SMILES string of the molecule is CC1c2ccc(OC[C@H]3OC(C)(C)O[C@H]3C(O[SiH](C)C)C(C)(C)C)cc2C(=O)c2c1n(C)c1cc(Br)ccc21. The van der Waals surface area contributed by atoms with Gasteiger partial charge in [0.05, 0.1) is 11.7 Å². The van der Waals surface area contributed by atoms with Crippen molar-refractivity contribution in [2.24, 2.45) is 12.5 Å². The minimum atomic E-state index is -1.33. The first-order chi connectivity index (χ1) is 18.2. The molecule has 0 radical (unpaired) electrons. The van der Waals surface area contributed by atoms with E-state index in [4.69, 9.17) is 18.6 Å². The van der Waals surface area contributed by atoms with Crippen LogP contribution in [-0.2, 0) is 20.9 Å². The number of ether oxygens (including phenoxy) is 3. The van der Waals surface area contributed by atoms with E-state index in [0.29, 0.717) is 17.9 Å². The van der Waals surface area contributed by atoms with Gasteiger partial charge in [0.2, 0.25) is 0 Å². The molecule has 39 heavy (non-hydrogen) atoms. The summed E-state index contributed by atoms with van der Waals surface area (Å²) >= 11 is 3.58. The van der Waals surface area contributed by atoms with E-state index in [1.807, 2.05) is 51.2 Å². The minimum Gasteiger partial charge on any atom is -0.491 e. The molecule has 1 aliphatic heterocycles. The Balaban J connectivity index is 1.42. The highest BCUT2D eigenvalue weighted by Gasteiger charge is 2.49. The summed E-state index contributed by atoms with van der Waals surface area (Å²) in [6.45, 7) is 17.2. The molecule has 6 nitrogen and oxygen atoms in total. The van der Waals surface area contributed by atoms with Gasteiger partial charge in [-0.3, -0.25) is 4.79 Å². The van der Waals surface area contributed by atoms with Crippen LogP contribution in [-0.4, -0.2) is 50.1 Å². The lowest BCUT2D eigenvalue weighted by Crippen LogP contribution is -2.48. The monoisotopic (exact) mass is 613 g/mol. The Hall–Kier alpha value is -1.97. The number of carbonyl (C=O) groups excluding carboxylic acids is 1. The second kappa shape index (κ2) is 10.1. The Labute approximate surface area is 241 Å². The third-order valence-corrected chi connectivity index (χ3v) is 9.12. The lowest BCUT2D eigenvalue weighted by atomic mass is 9.81. The fraction of sp³-hybridized carbons (Fsp3) is 0.516. The number of carbonyl (C=O) groups is 1. The molecule has 2 aliphatic rings. The highest BCUT2D eigenvalue weighted by Crippen LogP contribution is 2.43. The molecule has 4 atom stereocenters. The molecule has 1 aromatic heterocycles. The van der Waals surface area contributed by atoms with E-state index in [1.165, 1.54) is 0 Å². The molecule has 2 heterocycles. The van der Waals surface area contributed by atoms with E-state index in [9.17, 15) is 4.79 Å². The first-order valence-corrected chi connectivity index (χ1v) is 17.4. The molecule has 0 bridgehead atoms. The number of benzene rings is 2. The molecular formula is C31H40BrNO5Si. The normalized spacial score (nSPS) is 23.3. The van der Waals surface area contributed by atoms with Crippen molar-refractivity contribution in [3.8, 4) is 5.75 Å². The van der Waals surface area contributed by atoms with E-state index < -0.39 is 14.8 Å². The average molecular weight is 615 g/mol. The number of nitrogens with zero attached hydrogens (tertiary/aromatic N) is 1. The summed E-state index contributed by atoms with van der Waals surface area (Å²) in [5.74, 6) is 0.0447. The van der Waals surface area contributed by atoms with Crippen LogP contribution in [0.25, 0.3) is 10.9 Å². The number of aromatic nitrogens is 1. The smallest absolute Gasteiger partial charge is 0.195 e. The molecule has 0 spiro atoms. The predicted molar refractivity (Wildman–Crippen MR) is 161 cm³/mol. The Morgan fingerprint density at radius 2 is 1.85 bits per heavy atom. The van der Waals surface area contributed by atoms with Gasteiger partial charge in [0, 0.05) is 39.6 Å². The van der Waals surface area contributed by atoms with E-state index in [0.717, 1.165) is 32.2 Å². The second-order valence-electron chi connectivity index (χ2n) is 12.7. The molecule has 1 saturated heterocycles. The van der Waals surface area contributed by atoms with Gasteiger partial charge in [0.15, 0.2) is 20.6 Å². The Morgan fingerprint density at radius 3 is 2.51 bits per heavy atom. The summed E-state index contributed by atoms with van der Waals surface area (Å²) in [4.78, 5) is 13.9. The van der Waals surface area contributed by atoms with E-state index in [2.05, 4.69) is 67.4 Å². The van der Waals surface area contributed by atoms with Crippen LogP contribution >= 0.6 is 15.9 Å². The Morgan fingerprint density at radius 1 is 1.13 bits per heavy atom. The first-order valence-electron chi connectivity index (χ1n) is 13.8. The molecule has 3 aromatic rings. The van der Waals surface area contributed by atoms with Gasteiger partial charge in [-0.2, -0.15) is 0 Å². The maximum Gasteiger partial charge on any atom is 0.195 e. The number of hydrogen-bond acceptors (Lipinski definition) is 5. The fourth-order valence-corrected chi connectivity index (χ4v) is 7.65. The average Bonchev–Trinajstić information content (AvgIpc) is 3.31. The summed E-state index contributed by atoms with van der Waals surface area (Å²) < 4.78 is 28.6. The zero-order valence-corrected chi connectivity index (χ0v) is 27.2. The standard InChI is InChI=1S/C31H40BrNO5Si/c1-17-20-13-11-19(15-22(20)27(34)25-21-12-10-18(32)14-23(21)33(7)26(17)25)35-16-24-28(37-31(5,6)36-24)29(30(2,3)4)38-39(8)9/h10-15,17,24,28-29,39H,16H2,1-9H3/t17?,24-,28-,29?/m1/s1. The van der Waals surface area contributed by atoms with Crippen molar-refractivity contribution in [3.05, 3.63) is 63.3 Å². The van der Waals surface area contributed by atoms with Crippen molar-refractivity contribution >= 4 is 41.7 Å². The summed E-state index contributed by atoms with van der Waals surface area (Å²) in [5.41, 5.74) is 4.49. The maximum absolute atomic E-state index is 13.9. The van der Waals surface area contributed by atoms with Crippen molar-refractivity contribution in [1.29, 1.82) is 0 Å². The molecule has 1 aliphatic carbocycles. The van der Waals surface area contributed by atoms with Crippen LogP contribution in [0, 0.1) is 5.41 Å². The van der Waals surface area contributed by atoms with Crippen LogP contribution < -0.4 is 4.74 Å². The summed E-state index contributed by atoms with van der Waals surface area (Å²) in [6, 6.07) is 12.0. The van der Waals surface area contributed by atoms with Gasteiger partial charge in [-0.15, -0.1) is 0 Å². The van der Waals surface area contributed by atoms with Gasteiger partial charge in [0.1, 0.15) is 24.6 Å². The number of fused-ring (bicyclic) bond motifs is 4. The molecule has 210 valence electrons. The van der Waals surface area contributed by atoms with Gasteiger partial charge in [-0.05, 0) is 62.2 Å². The zero-order valence-electron chi connectivity index (χ0n) is 24.4. The highest BCUT2D eigenvalue weighted by molar-refractivity contribution is 9.10. The first kappa shape index (κ1) is 28.6. The van der Waals surface area contributed by atoms with Crippen molar-refractivity contribution < 1.29 is 23.4 Å². The number of aryl methyl sites for hydroxylation is 1. The molecule has 2 aromatic carbocycles. The van der Waals surface area contributed by atoms with Crippen molar-refractivity contribution in [3.63, 3.8) is 0 Å². The Bertz CT molecular complexity index is 1420. The van der Waals surface area contributed by atoms with Gasteiger partial charge in [-0.25, -0.2) is 0 Å². The largest absolute Gasteiger partial charge is 0.491 e. The van der Waals surface area contributed by atoms with Crippen molar-refractivity contribution in [2.75, 3.05) is 6.61 Å². The van der Waals surface area contributed by atoms with Crippen molar-refractivity contribution in [2.45, 2.75) is 84.7 Å². The summed E-state index contributed by atoms with van der Waals surface area (Å²) in [5, 5.41) is 0.980. The number of hydrogen-bond donors (Lipinski definition) is 0. The molecule has 8 heteroatoms. The number of halogens is 1. The Kier molecular flexibility index (Phi) is 7.42. The predicted octanol–water partition coefficient (Wildman–Crippen LogP) is 6.95. The molecule has 5 rings (SSSR count). The second-order valence-corrected chi connectivity index (χ2v) is 16.0. The van der Waals surface area contributed by atoms with E-state index in [-0.39, 0.29) is 35.4 Å². The van der Waals surface area contributed by atoms with Crippen LogP contribution in [0.4, 0.5) is 0 Å². The maximum atomic E-state index is 13.9. The summed E-state index contributed by atoms with van der Waals surface area (Å²) in [7, 11) is 0.713. The number of ketones is 1. The third kappa shape index (κ3) is 5.26. The van der Waals surface area contributed by atoms with Crippen LogP contribution in [0.5, 0.6) is 5.75 Å². The van der Waals surface area contributed by atoms with Gasteiger partial charge >= 0.3 is 0 Å².